The lowest BCUT2D eigenvalue weighted by molar-refractivity contribution is 0.102. The van der Waals surface area contributed by atoms with Crippen LogP contribution in [0.2, 0.25) is 0 Å². The first-order valence-electron chi connectivity index (χ1n) is 8.21. The van der Waals surface area contributed by atoms with Crippen molar-refractivity contribution in [3.05, 3.63) is 84.2 Å². The van der Waals surface area contributed by atoms with E-state index in [4.69, 9.17) is 10.5 Å². The fraction of sp³-hybridized carbons (Fsp3) is 0.0500. The van der Waals surface area contributed by atoms with E-state index in [9.17, 15) is 9.59 Å². The molecule has 0 fully saturated rings. The number of nitrogen functional groups attached to an aromatic ring is 1. The normalized spacial score (nSPS) is 10.1. The lowest BCUT2D eigenvalue weighted by atomic mass is 10.2. The van der Waals surface area contributed by atoms with Gasteiger partial charge in [-0.1, -0.05) is 18.2 Å². The Morgan fingerprint density at radius 1 is 0.926 bits per heavy atom. The van der Waals surface area contributed by atoms with Gasteiger partial charge < -0.3 is 15.8 Å². The Kier molecular flexibility index (Phi) is 5.64. The molecule has 0 bridgehead atoms. The van der Waals surface area contributed by atoms with Crippen LogP contribution in [0.1, 0.15) is 16.1 Å². The predicted octanol–water partition coefficient (Wildman–Crippen LogP) is 3.66. The van der Waals surface area contributed by atoms with Gasteiger partial charge in [0, 0.05) is 17.4 Å². The van der Waals surface area contributed by atoms with Crippen molar-refractivity contribution >= 4 is 29.1 Å². The minimum atomic E-state index is -0.602. The van der Waals surface area contributed by atoms with Gasteiger partial charge in [0.2, 0.25) is 0 Å². The van der Waals surface area contributed by atoms with Gasteiger partial charge in [0.15, 0.2) is 0 Å². The number of pyridine rings is 1. The van der Waals surface area contributed by atoms with E-state index >= 15 is 0 Å². The van der Waals surface area contributed by atoms with Crippen LogP contribution in [0.15, 0.2) is 72.9 Å². The number of amides is 2. The molecule has 0 radical (unpaired) electrons. The Hall–Kier alpha value is -3.87. The summed E-state index contributed by atoms with van der Waals surface area (Å²) in [5.41, 5.74) is 8.45. The Morgan fingerprint density at radius 2 is 1.67 bits per heavy atom. The van der Waals surface area contributed by atoms with E-state index in [2.05, 4.69) is 15.6 Å². The zero-order valence-corrected chi connectivity index (χ0v) is 14.4. The van der Waals surface area contributed by atoms with E-state index in [1.54, 1.807) is 66.9 Å². The summed E-state index contributed by atoms with van der Waals surface area (Å²) in [6.45, 7) is 0.0751. The summed E-state index contributed by atoms with van der Waals surface area (Å²) in [7, 11) is 0. The minimum Gasteiger partial charge on any atom is -0.443 e. The first kappa shape index (κ1) is 17.9. The number of para-hydroxylation sites is 2. The highest BCUT2D eigenvalue weighted by atomic mass is 16.5. The summed E-state index contributed by atoms with van der Waals surface area (Å²) in [6, 6.07) is 18.8. The Bertz CT molecular complexity index is 927. The van der Waals surface area contributed by atoms with Gasteiger partial charge in [-0.25, -0.2) is 4.79 Å². The number of anilines is 3. The Morgan fingerprint density at radius 3 is 2.37 bits per heavy atom. The van der Waals surface area contributed by atoms with Crippen LogP contribution in [0.25, 0.3) is 0 Å². The van der Waals surface area contributed by atoms with Crippen molar-refractivity contribution in [2.75, 3.05) is 16.4 Å². The second kappa shape index (κ2) is 8.48. The molecule has 0 aliphatic heterocycles. The molecule has 136 valence electrons. The third-order valence-electron chi connectivity index (χ3n) is 3.68. The van der Waals surface area contributed by atoms with Crippen LogP contribution < -0.4 is 16.4 Å². The van der Waals surface area contributed by atoms with Gasteiger partial charge in [-0.15, -0.1) is 0 Å². The summed E-state index contributed by atoms with van der Waals surface area (Å²) >= 11 is 0. The molecule has 0 aliphatic rings. The van der Waals surface area contributed by atoms with Crippen molar-refractivity contribution in [3.63, 3.8) is 0 Å². The second-order valence-electron chi connectivity index (χ2n) is 5.64. The van der Waals surface area contributed by atoms with Gasteiger partial charge in [-0.05, 0) is 48.5 Å². The SMILES string of the molecule is Nc1ccccc1NC(=O)c1ccc(NC(=O)OCc2ccccn2)cc1. The van der Waals surface area contributed by atoms with Crippen molar-refractivity contribution in [1.82, 2.24) is 4.98 Å². The molecule has 7 nitrogen and oxygen atoms in total. The Labute approximate surface area is 156 Å². The molecule has 1 aromatic heterocycles. The van der Waals surface area contributed by atoms with Gasteiger partial charge in [-0.3, -0.25) is 15.1 Å². The standard InChI is InChI=1S/C20H18N4O3/c21-17-6-1-2-7-18(17)24-19(25)14-8-10-15(11-9-14)23-20(26)27-13-16-5-3-4-12-22-16/h1-12H,13,21H2,(H,23,26)(H,24,25). The molecule has 7 heteroatoms. The van der Waals surface area contributed by atoms with Gasteiger partial charge >= 0.3 is 6.09 Å². The van der Waals surface area contributed by atoms with Crippen molar-refractivity contribution < 1.29 is 14.3 Å². The molecule has 0 atom stereocenters. The van der Waals surface area contributed by atoms with Crippen molar-refractivity contribution in [2.24, 2.45) is 0 Å². The molecule has 27 heavy (non-hydrogen) atoms. The zero-order chi connectivity index (χ0) is 19.1. The topological polar surface area (TPSA) is 106 Å². The maximum atomic E-state index is 12.3. The van der Waals surface area contributed by atoms with Gasteiger partial charge in [0.1, 0.15) is 6.61 Å². The molecular formula is C20H18N4O3. The quantitative estimate of drug-likeness (QED) is 0.601. The van der Waals surface area contributed by atoms with E-state index in [1.807, 2.05) is 6.07 Å². The number of nitrogens with zero attached hydrogens (tertiary/aromatic N) is 1. The number of ether oxygens (including phenoxy) is 1. The fourth-order valence-corrected chi connectivity index (χ4v) is 2.29. The zero-order valence-electron chi connectivity index (χ0n) is 14.4. The number of hydrogen-bond donors (Lipinski definition) is 3. The number of aromatic nitrogens is 1. The highest BCUT2D eigenvalue weighted by Gasteiger charge is 2.09. The molecule has 2 amide bonds. The summed E-state index contributed by atoms with van der Waals surface area (Å²) in [5, 5.41) is 5.34. The summed E-state index contributed by atoms with van der Waals surface area (Å²) in [4.78, 5) is 28.2. The lowest BCUT2D eigenvalue weighted by Crippen LogP contribution is -2.15. The molecular weight excluding hydrogens is 344 g/mol. The molecule has 0 saturated heterocycles. The number of nitrogens with two attached hydrogens (primary N) is 1. The highest BCUT2D eigenvalue weighted by Crippen LogP contribution is 2.18. The van der Waals surface area contributed by atoms with Crippen LogP contribution in [-0.2, 0) is 11.3 Å². The first-order chi connectivity index (χ1) is 13.1. The number of rotatable bonds is 5. The molecule has 3 rings (SSSR count). The maximum Gasteiger partial charge on any atom is 0.412 e. The molecule has 0 unspecified atom stereocenters. The Balaban J connectivity index is 1.54. The van der Waals surface area contributed by atoms with Crippen LogP contribution >= 0.6 is 0 Å². The molecule has 3 aromatic rings. The van der Waals surface area contributed by atoms with E-state index < -0.39 is 6.09 Å². The number of nitrogens with one attached hydrogen (secondary N) is 2. The number of carbonyl (C=O) groups is 2. The van der Waals surface area contributed by atoms with Crippen LogP contribution in [0.5, 0.6) is 0 Å². The van der Waals surface area contributed by atoms with Crippen LogP contribution in [0.3, 0.4) is 0 Å². The van der Waals surface area contributed by atoms with Crippen LogP contribution in [-0.4, -0.2) is 17.0 Å². The molecule has 1 heterocycles. The maximum absolute atomic E-state index is 12.3. The van der Waals surface area contributed by atoms with Crippen molar-refractivity contribution in [1.29, 1.82) is 0 Å². The fourth-order valence-electron chi connectivity index (χ4n) is 2.29. The average Bonchev–Trinajstić information content (AvgIpc) is 2.69. The van der Waals surface area contributed by atoms with Gasteiger partial charge in [0.05, 0.1) is 17.1 Å². The largest absolute Gasteiger partial charge is 0.443 e. The van der Waals surface area contributed by atoms with E-state index in [1.165, 1.54) is 0 Å². The van der Waals surface area contributed by atoms with Crippen LogP contribution in [0, 0.1) is 0 Å². The molecule has 0 saturated carbocycles. The molecule has 0 spiro atoms. The monoisotopic (exact) mass is 362 g/mol. The number of carbonyl (C=O) groups excluding carboxylic acids is 2. The number of hydrogen-bond acceptors (Lipinski definition) is 5. The van der Waals surface area contributed by atoms with E-state index in [-0.39, 0.29) is 12.5 Å². The average molecular weight is 362 g/mol. The van der Waals surface area contributed by atoms with E-state index in [0.717, 1.165) is 0 Å². The van der Waals surface area contributed by atoms with Gasteiger partial charge in [0.25, 0.3) is 5.91 Å². The highest BCUT2D eigenvalue weighted by molar-refractivity contribution is 6.06. The predicted molar refractivity (Wildman–Crippen MR) is 103 cm³/mol. The third-order valence-corrected chi connectivity index (χ3v) is 3.68. The first-order valence-corrected chi connectivity index (χ1v) is 8.21. The van der Waals surface area contributed by atoms with Crippen molar-refractivity contribution in [3.8, 4) is 0 Å². The molecule has 4 N–H and O–H groups in total. The molecule has 0 aliphatic carbocycles. The minimum absolute atomic E-state index is 0.0751. The molecule has 2 aromatic carbocycles. The summed E-state index contributed by atoms with van der Waals surface area (Å²) in [6.07, 6.45) is 1.03. The smallest absolute Gasteiger partial charge is 0.412 e. The third kappa shape index (κ3) is 5.05. The van der Waals surface area contributed by atoms with E-state index in [0.29, 0.717) is 28.3 Å². The van der Waals surface area contributed by atoms with Gasteiger partial charge in [-0.2, -0.15) is 0 Å². The summed E-state index contributed by atoms with van der Waals surface area (Å²) in [5.74, 6) is -0.294. The summed E-state index contributed by atoms with van der Waals surface area (Å²) < 4.78 is 5.10. The number of benzene rings is 2. The lowest BCUT2D eigenvalue weighted by Gasteiger charge is -2.09. The second-order valence-corrected chi connectivity index (χ2v) is 5.64. The van der Waals surface area contributed by atoms with Crippen LogP contribution in [0.4, 0.5) is 21.9 Å². The van der Waals surface area contributed by atoms with Crippen molar-refractivity contribution in [2.45, 2.75) is 6.61 Å².